The summed E-state index contributed by atoms with van der Waals surface area (Å²) < 4.78 is 11.3. The molecule has 0 amide bonds. The molecule has 0 aromatic carbocycles. The molecule has 0 bridgehead atoms. The summed E-state index contributed by atoms with van der Waals surface area (Å²) in [4.78, 5) is 25.5. The Hall–Kier alpha value is -3.37. The van der Waals surface area contributed by atoms with E-state index in [-0.39, 0.29) is 6.04 Å². The van der Waals surface area contributed by atoms with E-state index in [2.05, 4.69) is 44.3 Å². The Labute approximate surface area is 205 Å². The van der Waals surface area contributed by atoms with Gasteiger partial charge in [0, 0.05) is 42.7 Å². The quantitative estimate of drug-likeness (QED) is 0.471. The second-order valence-electron chi connectivity index (χ2n) is 8.82. The maximum Gasteiger partial charge on any atom is 0.231 e. The van der Waals surface area contributed by atoms with Crippen LogP contribution in [-0.4, -0.2) is 63.9 Å². The first kappa shape index (κ1) is 23.4. The van der Waals surface area contributed by atoms with Crippen molar-refractivity contribution in [3.8, 4) is 17.3 Å². The maximum absolute atomic E-state index is 5.67. The smallest absolute Gasteiger partial charge is 0.231 e. The van der Waals surface area contributed by atoms with Gasteiger partial charge < -0.3 is 25.0 Å². The zero-order valence-electron chi connectivity index (χ0n) is 20.3. The molecule has 3 aromatic heterocycles. The molecule has 1 atom stereocenters. The van der Waals surface area contributed by atoms with Gasteiger partial charge in [-0.15, -0.1) is 0 Å². The third-order valence-electron chi connectivity index (χ3n) is 6.19. The van der Waals surface area contributed by atoms with Crippen LogP contribution >= 0.6 is 0 Å². The van der Waals surface area contributed by atoms with Crippen molar-refractivity contribution >= 4 is 17.6 Å². The van der Waals surface area contributed by atoms with Crippen molar-refractivity contribution in [2.24, 2.45) is 0 Å². The van der Waals surface area contributed by atoms with E-state index in [9.17, 15) is 0 Å². The number of ether oxygens (including phenoxy) is 2. The number of morpholine rings is 1. The predicted octanol–water partition coefficient (Wildman–Crippen LogP) is 3.12. The van der Waals surface area contributed by atoms with Gasteiger partial charge in [0.15, 0.2) is 5.82 Å². The molecule has 1 fully saturated rings. The van der Waals surface area contributed by atoms with Crippen LogP contribution in [0.2, 0.25) is 0 Å². The second-order valence-corrected chi connectivity index (χ2v) is 8.82. The van der Waals surface area contributed by atoms with Crippen LogP contribution < -0.4 is 20.3 Å². The van der Waals surface area contributed by atoms with E-state index in [1.54, 1.807) is 18.5 Å². The van der Waals surface area contributed by atoms with Crippen LogP contribution in [0.25, 0.3) is 11.4 Å². The fraction of sp³-hybridized carbons (Fsp3) is 0.480. The molecule has 184 valence electrons. The molecule has 0 saturated carbocycles. The minimum atomic E-state index is 0.275. The Kier molecular flexibility index (Phi) is 7.29. The van der Waals surface area contributed by atoms with Gasteiger partial charge in [0.2, 0.25) is 11.8 Å². The van der Waals surface area contributed by atoms with Crippen LogP contribution in [0.4, 0.5) is 17.6 Å². The van der Waals surface area contributed by atoms with E-state index in [0.717, 1.165) is 56.0 Å². The highest BCUT2D eigenvalue weighted by Gasteiger charge is 2.27. The molecule has 2 N–H and O–H groups in total. The van der Waals surface area contributed by atoms with Gasteiger partial charge in [0.1, 0.15) is 11.6 Å². The Bertz CT molecular complexity index is 1140. The number of hydrogen-bond donors (Lipinski definition) is 2. The van der Waals surface area contributed by atoms with Crippen molar-refractivity contribution in [1.29, 1.82) is 0 Å². The summed E-state index contributed by atoms with van der Waals surface area (Å²) in [6.07, 6.45) is 6.45. The van der Waals surface area contributed by atoms with Crippen molar-refractivity contribution < 1.29 is 9.47 Å². The molecule has 5 rings (SSSR count). The summed E-state index contributed by atoms with van der Waals surface area (Å²) in [5, 5.41) is 6.58. The number of nitrogens with zero attached hydrogens (tertiary/aromatic N) is 6. The SMILES string of the molecule is CCCCOc1ccnc(Nc2ccc(-c3nc4c(c(N5CCOC[C@@H]5C)n3)CCNC4)cn2)n1. The molecular formula is C25H32N8O2. The Morgan fingerprint density at radius 3 is 2.97 bits per heavy atom. The molecule has 0 aliphatic carbocycles. The van der Waals surface area contributed by atoms with Gasteiger partial charge in [0.05, 0.1) is 31.6 Å². The summed E-state index contributed by atoms with van der Waals surface area (Å²) in [7, 11) is 0. The van der Waals surface area contributed by atoms with E-state index in [1.165, 1.54) is 5.56 Å². The molecule has 35 heavy (non-hydrogen) atoms. The zero-order valence-corrected chi connectivity index (χ0v) is 20.3. The fourth-order valence-corrected chi connectivity index (χ4v) is 4.27. The third kappa shape index (κ3) is 5.49. The number of fused-ring (bicyclic) bond motifs is 1. The predicted molar refractivity (Wildman–Crippen MR) is 134 cm³/mol. The van der Waals surface area contributed by atoms with E-state index < -0.39 is 0 Å². The third-order valence-corrected chi connectivity index (χ3v) is 6.19. The Balaban J connectivity index is 1.36. The first-order valence-electron chi connectivity index (χ1n) is 12.4. The number of rotatable bonds is 8. The van der Waals surface area contributed by atoms with Crippen molar-refractivity contribution in [3.05, 3.63) is 41.9 Å². The van der Waals surface area contributed by atoms with Crippen molar-refractivity contribution in [2.75, 3.05) is 43.1 Å². The zero-order chi connectivity index (χ0) is 24.0. The Morgan fingerprint density at radius 1 is 1.20 bits per heavy atom. The van der Waals surface area contributed by atoms with E-state index >= 15 is 0 Å². The molecule has 10 nitrogen and oxygen atoms in total. The molecule has 0 unspecified atom stereocenters. The number of pyridine rings is 1. The molecule has 0 spiro atoms. The lowest BCUT2D eigenvalue weighted by atomic mass is 10.0. The van der Waals surface area contributed by atoms with Gasteiger partial charge in [0.25, 0.3) is 0 Å². The second kappa shape index (κ2) is 10.9. The molecule has 2 aliphatic heterocycles. The molecule has 2 aliphatic rings. The summed E-state index contributed by atoms with van der Waals surface area (Å²) in [5.74, 6) is 3.34. The average molecular weight is 477 g/mol. The lowest BCUT2D eigenvalue weighted by Gasteiger charge is -2.36. The molecule has 3 aromatic rings. The topological polar surface area (TPSA) is 110 Å². The number of unbranched alkanes of at least 4 members (excludes halogenated alkanes) is 1. The minimum Gasteiger partial charge on any atom is -0.478 e. The van der Waals surface area contributed by atoms with Gasteiger partial charge in [-0.25, -0.2) is 19.9 Å². The van der Waals surface area contributed by atoms with Crippen molar-refractivity contribution in [2.45, 2.75) is 45.7 Å². The van der Waals surface area contributed by atoms with Gasteiger partial charge in [-0.3, -0.25) is 0 Å². The van der Waals surface area contributed by atoms with Crippen LogP contribution in [-0.2, 0) is 17.7 Å². The minimum absolute atomic E-state index is 0.275. The van der Waals surface area contributed by atoms with Gasteiger partial charge >= 0.3 is 0 Å². The average Bonchev–Trinajstić information content (AvgIpc) is 2.89. The normalized spacial score (nSPS) is 17.7. The summed E-state index contributed by atoms with van der Waals surface area (Å²) in [6, 6.07) is 5.90. The summed E-state index contributed by atoms with van der Waals surface area (Å²) >= 11 is 0. The number of nitrogens with one attached hydrogen (secondary N) is 2. The van der Waals surface area contributed by atoms with E-state index in [0.29, 0.717) is 43.3 Å². The van der Waals surface area contributed by atoms with E-state index in [1.807, 2.05) is 12.1 Å². The summed E-state index contributed by atoms with van der Waals surface area (Å²) in [5.41, 5.74) is 3.17. The number of aromatic nitrogens is 5. The lowest BCUT2D eigenvalue weighted by molar-refractivity contribution is 0.0984. The fourth-order valence-electron chi connectivity index (χ4n) is 4.27. The largest absolute Gasteiger partial charge is 0.478 e. The monoisotopic (exact) mass is 476 g/mol. The van der Waals surface area contributed by atoms with Gasteiger partial charge in [-0.05, 0) is 38.4 Å². The molecule has 0 radical (unpaired) electrons. The first-order valence-corrected chi connectivity index (χ1v) is 12.4. The highest BCUT2D eigenvalue weighted by atomic mass is 16.5. The van der Waals surface area contributed by atoms with Crippen LogP contribution in [0.15, 0.2) is 30.6 Å². The van der Waals surface area contributed by atoms with Gasteiger partial charge in [-0.2, -0.15) is 4.98 Å². The lowest BCUT2D eigenvalue weighted by Crippen LogP contribution is -2.45. The molecule has 10 heteroatoms. The van der Waals surface area contributed by atoms with Crippen LogP contribution in [0.3, 0.4) is 0 Å². The van der Waals surface area contributed by atoms with Crippen LogP contribution in [0.5, 0.6) is 5.88 Å². The molecule has 1 saturated heterocycles. The van der Waals surface area contributed by atoms with Crippen molar-refractivity contribution in [1.82, 2.24) is 30.2 Å². The van der Waals surface area contributed by atoms with Crippen LogP contribution in [0.1, 0.15) is 37.9 Å². The Morgan fingerprint density at radius 2 is 2.14 bits per heavy atom. The van der Waals surface area contributed by atoms with Crippen LogP contribution in [0, 0.1) is 0 Å². The molecular weight excluding hydrogens is 444 g/mol. The number of anilines is 3. The summed E-state index contributed by atoms with van der Waals surface area (Å²) in [6.45, 7) is 8.89. The standard InChI is InChI=1S/C25H32N8O2/c1-3-4-12-35-22-8-10-27-25(31-22)30-21-6-5-18(14-28-21)23-29-20-15-26-9-7-19(20)24(32-23)33-11-13-34-16-17(33)2/h5-6,8,10,14,17,26H,3-4,7,9,11-13,15-16H2,1-2H3,(H,27,28,30,31)/t17-/m0/s1. The van der Waals surface area contributed by atoms with Crippen molar-refractivity contribution in [3.63, 3.8) is 0 Å². The first-order chi connectivity index (χ1) is 17.2. The van der Waals surface area contributed by atoms with Gasteiger partial charge in [-0.1, -0.05) is 13.3 Å². The maximum atomic E-state index is 5.67. The number of hydrogen-bond acceptors (Lipinski definition) is 10. The molecule has 5 heterocycles. The van der Waals surface area contributed by atoms with E-state index in [4.69, 9.17) is 19.4 Å². The highest BCUT2D eigenvalue weighted by molar-refractivity contribution is 5.62. The highest BCUT2D eigenvalue weighted by Crippen LogP contribution is 2.30.